The van der Waals surface area contributed by atoms with Crippen molar-refractivity contribution in [2.45, 2.75) is 70.0 Å². The van der Waals surface area contributed by atoms with Gasteiger partial charge < -0.3 is 14.2 Å². The van der Waals surface area contributed by atoms with Gasteiger partial charge in [0.25, 0.3) is 0 Å². The van der Waals surface area contributed by atoms with Crippen molar-refractivity contribution in [3.05, 3.63) is 81.0 Å². The molecule has 2 aromatic carbocycles. The lowest BCUT2D eigenvalue weighted by Crippen LogP contribution is -2.47. The van der Waals surface area contributed by atoms with Crippen LogP contribution in [0.2, 0.25) is 5.02 Å². The van der Waals surface area contributed by atoms with Crippen molar-refractivity contribution in [3.8, 4) is 0 Å². The van der Waals surface area contributed by atoms with E-state index in [1.165, 1.54) is 16.6 Å². The minimum atomic E-state index is -0.156. The van der Waals surface area contributed by atoms with Gasteiger partial charge >= 0.3 is 6.09 Å². The second kappa shape index (κ2) is 10.1. The van der Waals surface area contributed by atoms with Crippen LogP contribution in [0.3, 0.4) is 0 Å². The van der Waals surface area contributed by atoms with E-state index in [4.69, 9.17) is 21.3 Å². The topological polar surface area (TPSA) is 60.2 Å². The molecule has 2 fully saturated rings. The highest BCUT2D eigenvalue weighted by Gasteiger charge is 2.45. The summed E-state index contributed by atoms with van der Waals surface area (Å²) in [5.41, 5.74) is 4.55. The quantitative estimate of drug-likeness (QED) is 0.262. The molecule has 6 nitrogen and oxygen atoms in total. The summed E-state index contributed by atoms with van der Waals surface area (Å²) in [6, 6.07) is 15.5. The first-order chi connectivity index (χ1) is 18.1. The maximum absolute atomic E-state index is 12.6. The maximum atomic E-state index is 12.6. The van der Waals surface area contributed by atoms with Gasteiger partial charge in [-0.25, -0.2) is 14.8 Å². The Labute approximate surface area is 226 Å². The van der Waals surface area contributed by atoms with E-state index in [0.717, 1.165) is 53.5 Å². The van der Waals surface area contributed by atoms with Crippen LogP contribution in [0.15, 0.2) is 54.0 Å². The predicted octanol–water partition coefficient (Wildman–Crippen LogP) is 7.21. The number of hydrogen-bond acceptors (Lipinski definition) is 5. The minimum absolute atomic E-state index is 0.0249. The van der Waals surface area contributed by atoms with Crippen LogP contribution in [0.1, 0.15) is 73.4 Å². The van der Waals surface area contributed by atoms with Gasteiger partial charge in [-0.05, 0) is 68.0 Å². The second-order valence-electron chi connectivity index (χ2n) is 9.97. The smallest absolute Gasteiger partial charge is 0.410 e. The van der Waals surface area contributed by atoms with Crippen molar-refractivity contribution in [3.63, 3.8) is 0 Å². The lowest BCUT2D eigenvalue weighted by molar-refractivity contribution is 0.0622. The number of rotatable bonds is 6. The van der Waals surface area contributed by atoms with Gasteiger partial charge in [0.15, 0.2) is 0 Å². The molecule has 2 aromatic heterocycles. The molecule has 1 amide bonds. The van der Waals surface area contributed by atoms with Crippen LogP contribution in [-0.4, -0.2) is 44.2 Å². The highest BCUT2D eigenvalue weighted by Crippen LogP contribution is 2.43. The van der Waals surface area contributed by atoms with E-state index in [2.05, 4.69) is 46.8 Å². The Balaban J connectivity index is 1.40. The van der Waals surface area contributed by atoms with Crippen molar-refractivity contribution >= 4 is 40.1 Å². The summed E-state index contributed by atoms with van der Waals surface area (Å²) >= 11 is 7.88. The number of benzene rings is 2. The standard InChI is InChI=1S/C29H31ClN4O2S/c1-3-26-32-24-12-7-19(27(28-31-13-14-37-28)18-5-8-20(30)9-6-18)15-25(24)34(26)23-16-21-10-11-22(17-23)33(21)29(35)36-4-2/h5-9,12-15,21-23,27H,3-4,10-11,16-17H2,1-2H3. The monoisotopic (exact) mass is 534 g/mol. The summed E-state index contributed by atoms with van der Waals surface area (Å²) in [5, 5.41) is 3.82. The molecule has 2 aliphatic heterocycles. The van der Waals surface area contributed by atoms with Gasteiger partial charge in [0.05, 0.1) is 23.6 Å². The Morgan fingerprint density at radius 2 is 1.81 bits per heavy atom. The van der Waals surface area contributed by atoms with Crippen molar-refractivity contribution < 1.29 is 9.53 Å². The molecular weight excluding hydrogens is 504 g/mol. The lowest BCUT2D eigenvalue weighted by Gasteiger charge is -2.39. The zero-order valence-corrected chi connectivity index (χ0v) is 22.7. The van der Waals surface area contributed by atoms with Crippen molar-refractivity contribution in [2.24, 2.45) is 0 Å². The van der Waals surface area contributed by atoms with Crippen molar-refractivity contribution in [2.75, 3.05) is 6.61 Å². The first-order valence-electron chi connectivity index (χ1n) is 13.2. The molecule has 4 heterocycles. The van der Waals surface area contributed by atoms with Gasteiger partial charge in [-0.2, -0.15) is 0 Å². The fourth-order valence-electron chi connectivity index (χ4n) is 6.36. The number of ether oxygens (including phenoxy) is 1. The number of fused-ring (bicyclic) bond motifs is 3. The molecule has 0 saturated carbocycles. The number of nitrogens with zero attached hydrogens (tertiary/aromatic N) is 4. The van der Waals surface area contributed by atoms with Crippen LogP contribution in [0.4, 0.5) is 4.79 Å². The number of amides is 1. The number of carbonyl (C=O) groups excluding carboxylic acids is 1. The molecule has 8 heteroatoms. The molecule has 0 aliphatic carbocycles. The second-order valence-corrected chi connectivity index (χ2v) is 11.3. The molecule has 0 radical (unpaired) electrons. The Bertz CT molecular complexity index is 1390. The average molecular weight is 535 g/mol. The molecule has 37 heavy (non-hydrogen) atoms. The van der Waals surface area contributed by atoms with Gasteiger partial charge in [0.1, 0.15) is 10.8 Å². The first kappa shape index (κ1) is 24.4. The van der Waals surface area contributed by atoms with E-state index in [0.29, 0.717) is 12.6 Å². The van der Waals surface area contributed by atoms with Crippen LogP contribution in [-0.2, 0) is 11.2 Å². The number of halogens is 1. The van der Waals surface area contributed by atoms with Gasteiger partial charge in [-0.3, -0.25) is 0 Å². The maximum Gasteiger partial charge on any atom is 0.410 e. The number of thiazole rings is 1. The average Bonchev–Trinajstić information content (AvgIpc) is 3.62. The molecule has 2 bridgehead atoms. The summed E-state index contributed by atoms with van der Waals surface area (Å²) in [6.45, 7) is 4.46. The highest BCUT2D eigenvalue weighted by molar-refractivity contribution is 7.09. The summed E-state index contributed by atoms with van der Waals surface area (Å²) in [5.74, 6) is 1.13. The number of hydrogen-bond donors (Lipinski definition) is 0. The normalized spacial score (nSPS) is 21.9. The third-order valence-corrected chi connectivity index (χ3v) is 8.98. The Hall–Kier alpha value is -2.90. The van der Waals surface area contributed by atoms with E-state index in [-0.39, 0.29) is 24.1 Å². The van der Waals surface area contributed by atoms with E-state index in [1.807, 2.05) is 35.5 Å². The molecule has 2 aliphatic rings. The SMILES string of the molecule is CCOC(=O)N1C2CCC1CC(n1c(CC)nc3ccc(C(c4ccc(Cl)cc4)c4nccs4)cc31)C2. The molecule has 6 rings (SSSR count). The number of aromatic nitrogens is 3. The van der Waals surface area contributed by atoms with E-state index < -0.39 is 0 Å². The molecule has 0 N–H and O–H groups in total. The fraction of sp³-hybridized carbons (Fsp3) is 0.414. The van der Waals surface area contributed by atoms with E-state index in [9.17, 15) is 4.79 Å². The zero-order chi connectivity index (χ0) is 25.5. The largest absolute Gasteiger partial charge is 0.450 e. The summed E-state index contributed by atoms with van der Waals surface area (Å²) in [6.07, 6.45) is 6.54. The van der Waals surface area contributed by atoms with Crippen LogP contribution >= 0.6 is 22.9 Å². The van der Waals surface area contributed by atoms with Crippen LogP contribution in [0.5, 0.6) is 0 Å². The van der Waals surface area contributed by atoms with Gasteiger partial charge in [-0.1, -0.05) is 36.7 Å². The number of aryl methyl sites for hydroxylation is 1. The van der Waals surface area contributed by atoms with E-state index >= 15 is 0 Å². The Morgan fingerprint density at radius 3 is 2.46 bits per heavy atom. The van der Waals surface area contributed by atoms with E-state index in [1.54, 1.807) is 11.3 Å². The molecular formula is C29H31ClN4O2S. The summed E-state index contributed by atoms with van der Waals surface area (Å²) < 4.78 is 7.85. The third-order valence-electron chi connectivity index (χ3n) is 7.89. The van der Waals surface area contributed by atoms with Gasteiger partial charge in [-0.15, -0.1) is 11.3 Å². The number of carbonyl (C=O) groups is 1. The summed E-state index contributed by atoms with van der Waals surface area (Å²) in [7, 11) is 0. The summed E-state index contributed by atoms with van der Waals surface area (Å²) in [4.78, 5) is 24.4. The van der Waals surface area contributed by atoms with Crippen LogP contribution in [0.25, 0.3) is 11.0 Å². The molecule has 4 aromatic rings. The molecule has 2 saturated heterocycles. The molecule has 3 atom stereocenters. The minimum Gasteiger partial charge on any atom is -0.450 e. The molecule has 3 unspecified atom stereocenters. The molecule has 0 spiro atoms. The number of piperidine rings is 1. The fourth-order valence-corrected chi connectivity index (χ4v) is 7.28. The predicted molar refractivity (Wildman–Crippen MR) is 148 cm³/mol. The number of imidazole rings is 1. The Morgan fingerprint density at radius 1 is 1.08 bits per heavy atom. The van der Waals surface area contributed by atoms with Crippen LogP contribution < -0.4 is 0 Å². The van der Waals surface area contributed by atoms with Gasteiger partial charge in [0, 0.05) is 41.1 Å². The highest BCUT2D eigenvalue weighted by atomic mass is 35.5. The Kier molecular flexibility index (Phi) is 6.67. The zero-order valence-electron chi connectivity index (χ0n) is 21.1. The lowest BCUT2D eigenvalue weighted by atomic mass is 9.91. The van der Waals surface area contributed by atoms with Crippen LogP contribution in [0, 0.1) is 0 Å². The third kappa shape index (κ3) is 4.42. The van der Waals surface area contributed by atoms with Gasteiger partial charge in [0.2, 0.25) is 0 Å². The van der Waals surface area contributed by atoms with Crippen molar-refractivity contribution in [1.82, 2.24) is 19.4 Å². The first-order valence-corrected chi connectivity index (χ1v) is 14.4. The molecule has 192 valence electrons. The van der Waals surface area contributed by atoms with Crippen molar-refractivity contribution in [1.29, 1.82) is 0 Å².